The van der Waals surface area contributed by atoms with Crippen LogP contribution in [0.5, 0.6) is 0 Å². The van der Waals surface area contributed by atoms with Crippen LogP contribution in [0, 0.1) is 6.92 Å². The van der Waals surface area contributed by atoms with Gasteiger partial charge in [-0.15, -0.1) is 11.3 Å². The number of carbonyl (C=O) groups is 1. The predicted octanol–water partition coefficient (Wildman–Crippen LogP) is 1.94. The first-order valence-corrected chi connectivity index (χ1v) is 9.32. The van der Waals surface area contributed by atoms with Crippen LogP contribution in [0.4, 0.5) is 0 Å². The number of likely N-dealkylation sites (N-methyl/N-ethyl adjacent to an activating group) is 1. The lowest BCUT2D eigenvalue weighted by molar-refractivity contribution is -0.119. The molecule has 3 heterocycles. The summed E-state index contributed by atoms with van der Waals surface area (Å²) in [4.78, 5) is 34.4. The van der Waals surface area contributed by atoms with E-state index in [4.69, 9.17) is 5.73 Å². The van der Waals surface area contributed by atoms with Crippen LogP contribution in [-0.4, -0.2) is 44.1 Å². The van der Waals surface area contributed by atoms with Crippen molar-refractivity contribution in [2.24, 2.45) is 5.73 Å². The maximum absolute atomic E-state index is 12.6. The van der Waals surface area contributed by atoms with E-state index in [-0.39, 0.29) is 18.1 Å². The summed E-state index contributed by atoms with van der Waals surface area (Å²) in [6.07, 6.45) is 2.45. The monoisotopic (exact) mass is 374 g/mol. The van der Waals surface area contributed by atoms with Gasteiger partial charge in [0, 0.05) is 16.1 Å². The molecule has 0 aliphatic carbocycles. The van der Waals surface area contributed by atoms with Gasteiger partial charge in [0.1, 0.15) is 10.5 Å². The number of amides is 1. The maximum Gasteiger partial charge on any atom is 0.268 e. The van der Waals surface area contributed by atoms with Crippen LogP contribution in [0.25, 0.3) is 20.7 Å². The fraction of sp³-hybridized carbons (Fsp3) is 0.412. The Hall–Kier alpha value is -2.52. The molecule has 138 valence electrons. The van der Waals surface area contributed by atoms with E-state index in [1.807, 2.05) is 31.7 Å². The third-order valence-electron chi connectivity index (χ3n) is 4.40. The standard InChI is InChI=1S/C17H22N6O2S/c1-4-12(23(5-2)8-14(18)24)16-20-11-6-13(10-7-19-22-9(10)3)26-15(11)17(25)21-16/h6-7,12H,4-5,8H2,1-3H3,(H2,18,24)(H,19,22)(H,20,21,25). The number of nitrogens with zero attached hydrogens (tertiary/aromatic N) is 3. The van der Waals surface area contributed by atoms with Crippen LogP contribution in [0.15, 0.2) is 17.1 Å². The minimum atomic E-state index is -0.401. The number of H-pyrrole nitrogens is 2. The third-order valence-corrected chi connectivity index (χ3v) is 5.56. The molecule has 0 radical (unpaired) electrons. The van der Waals surface area contributed by atoms with Crippen molar-refractivity contribution >= 4 is 27.5 Å². The van der Waals surface area contributed by atoms with Gasteiger partial charge in [0.25, 0.3) is 5.56 Å². The number of aromatic amines is 2. The quantitative estimate of drug-likeness (QED) is 0.583. The van der Waals surface area contributed by atoms with E-state index in [9.17, 15) is 9.59 Å². The van der Waals surface area contributed by atoms with Gasteiger partial charge >= 0.3 is 0 Å². The summed E-state index contributed by atoms with van der Waals surface area (Å²) in [5.74, 6) is 0.156. The maximum atomic E-state index is 12.6. The van der Waals surface area contributed by atoms with Gasteiger partial charge in [0.15, 0.2) is 0 Å². The highest BCUT2D eigenvalue weighted by molar-refractivity contribution is 7.22. The second kappa shape index (κ2) is 7.38. The molecule has 0 bridgehead atoms. The highest BCUT2D eigenvalue weighted by Crippen LogP contribution is 2.32. The summed E-state index contributed by atoms with van der Waals surface area (Å²) in [6, 6.07) is 1.73. The summed E-state index contributed by atoms with van der Waals surface area (Å²) in [7, 11) is 0. The molecule has 0 aromatic carbocycles. The fourth-order valence-corrected chi connectivity index (χ4v) is 4.17. The molecule has 1 unspecified atom stereocenters. The Bertz CT molecular complexity index is 989. The molecule has 3 aromatic rings. The average molecular weight is 374 g/mol. The second-order valence-electron chi connectivity index (χ2n) is 6.14. The Morgan fingerprint density at radius 2 is 2.19 bits per heavy atom. The number of nitrogens with one attached hydrogen (secondary N) is 2. The van der Waals surface area contributed by atoms with Crippen molar-refractivity contribution in [1.82, 2.24) is 25.1 Å². The first kappa shape index (κ1) is 18.3. The van der Waals surface area contributed by atoms with Gasteiger partial charge in [-0.05, 0) is 26.0 Å². The van der Waals surface area contributed by atoms with Gasteiger partial charge in [-0.25, -0.2) is 4.98 Å². The Kier molecular flexibility index (Phi) is 5.19. The van der Waals surface area contributed by atoms with E-state index < -0.39 is 5.91 Å². The SMILES string of the molecule is CCC(c1nc2cc(-c3cn[nH]c3C)sc2c(=O)[nH]1)N(CC)CC(N)=O. The van der Waals surface area contributed by atoms with E-state index in [1.54, 1.807) is 6.20 Å². The summed E-state index contributed by atoms with van der Waals surface area (Å²) < 4.78 is 0.581. The number of thiophene rings is 1. The van der Waals surface area contributed by atoms with E-state index in [1.165, 1.54) is 11.3 Å². The van der Waals surface area contributed by atoms with Gasteiger partial charge in [-0.1, -0.05) is 13.8 Å². The molecule has 26 heavy (non-hydrogen) atoms. The summed E-state index contributed by atoms with van der Waals surface area (Å²) >= 11 is 1.39. The van der Waals surface area contributed by atoms with Crippen LogP contribution < -0.4 is 11.3 Å². The van der Waals surface area contributed by atoms with Crippen molar-refractivity contribution in [1.29, 1.82) is 0 Å². The smallest absolute Gasteiger partial charge is 0.268 e. The Morgan fingerprint density at radius 3 is 2.77 bits per heavy atom. The van der Waals surface area contributed by atoms with Gasteiger partial charge in [-0.2, -0.15) is 5.10 Å². The normalized spacial score (nSPS) is 12.8. The summed E-state index contributed by atoms with van der Waals surface area (Å²) in [5, 5.41) is 6.94. The molecule has 0 aliphatic heterocycles. The number of aromatic nitrogens is 4. The number of carbonyl (C=O) groups excluding carboxylic acids is 1. The van der Waals surface area contributed by atoms with E-state index in [2.05, 4.69) is 20.2 Å². The van der Waals surface area contributed by atoms with Crippen molar-refractivity contribution in [3.8, 4) is 10.4 Å². The Morgan fingerprint density at radius 1 is 1.42 bits per heavy atom. The topological polar surface area (TPSA) is 121 Å². The van der Waals surface area contributed by atoms with Crippen LogP contribution in [0.1, 0.15) is 37.8 Å². The zero-order valence-corrected chi connectivity index (χ0v) is 15.8. The molecule has 0 spiro atoms. The fourth-order valence-electron chi connectivity index (χ4n) is 3.11. The molecule has 0 saturated carbocycles. The van der Waals surface area contributed by atoms with Crippen molar-refractivity contribution in [2.45, 2.75) is 33.2 Å². The highest BCUT2D eigenvalue weighted by Gasteiger charge is 2.23. The van der Waals surface area contributed by atoms with Crippen molar-refractivity contribution in [3.05, 3.63) is 34.1 Å². The lowest BCUT2D eigenvalue weighted by Crippen LogP contribution is -2.37. The zero-order valence-electron chi connectivity index (χ0n) is 15.0. The molecule has 0 aliphatic rings. The molecule has 9 heteroatoms. The zero-order chi connectivity index (χ0) is 18.8. The number of hydrogen-bond acceptors (Lipinski definition) is 6. The molecular formula is C17H22N6O2S. The van der Waals surface area contributed by atoms with E-state index >= 15 is 0 Å². The molecule has 3 aromatic heterocycles. The first-order chi connectivity index (χ1) is 12.4. The molecule has 1 amide bonds. The number of rotatable bonds is 7. The molecule has 1 atom stereocenters. The van der Waals surface area contributed by atoms with Crippen LogP contribution >= 0.6 is 11.3 Å². The average Bonchev–Trinajstić information content (AvgIpc) is 3.20. The third kappa shape index (κ3) is 3.40. The van der Waals surface area contributed by atoms with Crippen LogP contribution in [0.2, 0.25) is 0 Å². The summed E-state index contributed by atoms with van der Waals surface area (Å²) in [5.41, 5.74) is 7.74. The molecule has 0 saturated heterocycles. The van der Waals surface area contributed by atoms with Gasteiger partial charge in [-0.3, -0.25) is 19.6 Å². The van der Waals surface area contributed by atoms with Crippen LogP contribution in [-0.2, 0) is 4.79 Å². The molecular weight excluding hydrogens is 352 g/mol. The first-order valence-electron chi connectivity index (χ1n) is 8.51. The van der Waals surface area contributed by atoms with Crippen molar-refractivity contribution < 1.29 is 4.79 Å². The second-order valence-corrected chi connectivity index (χ2v) is 7.19. The van der Waals surface area contributed by atoms with E-state index in [0.29, 0.717) is 29.0 Å². The number of nitrogens with two attached hydrogens (primary N) is 1. The van der Waals surface area contributed by atoms with Crippen molar-refractivity contribution in [3.63, 3.8) is 0 Å². The van der Waals surface area contributed by atoms with Crippen LogP contribution in [0.3, 0.4) is 0 Å². The lowest BCUT2D eigenvalue weighted by atomic mass is 10.1. The van der Waals surface area contributed by atoms with Gasteiger partial charge in [0.2, 0.25) is 5.91 Å². The predicted molar refractivity (Wildman–Crippen MR) is 102 cm³/mol. The number of hydrogen-bond donors (Lipinski definition) is 3. The summed E-state index contributed by atoms with van der Waals surface area (Å²) in [6.45, 7) is 6.64. The molecule has 3 rings (SSSR count). The molecule has 4 N–H and O–H groups in total. The minimum Gasteiger partial charge on any atom is -0.369 e. The Balaban J connectivity index is 2.06. The number of primary amides is 1. The lowest BCUT2D eigenvalue weighted by Gasteiger charge is -2.27. The number of aryl methyl sites for hydroxylation is 1. The van der Waals surface area contributed by atoms with Gasteiger partial charge < -0.3 is 10.7 Å². The van der Waals surface area contributed by atoms with Gasteiger partial charge in [0.05, 0.1) is 24.3 Å². The number of fused-ring (bicyclic) bond motifs is 1. The van der Waals surface area contributed by atoms with Crippen molar-refractivity contribution in [2.75, 3.05) is 13.1 Å². The molecule has 0 fully saturated rings. The Labute approximate surface area is 154 Å². The largest absolute Gasteiger partial charge is 0.369 e. The highest BCUT2D eigenvalue weighted by atomic mass is 32.1. The van der Waals surface area contributed by atoms with E-state index in [0.717, 1.165) is 16.1 Å². The minimum absolute atomic E-state index is 0.125. The molecule has 8 nitrogen and oxygen atoms in total.